The van der Waals surface area contributed by atoms with E-state index in [0.717, 1.165) is 0 Å². The Bertz CT molecular complexity index is 923. The van der Waals surface area contributed by atoms with Gasteiger partial charge in [-0.25, -0.2) is 13.8 Å². The Morgan fingerprint density at radius 1 is 1.27 bits per heavy atom. The van der Waals surface area contributed by atoms with Crippen LogP contribution in [0.4, 0.5) is 8.78 Å². The van der Waals surface area contributed by atoms with E-state index in [1.807, 2.05) is 0 Å². The van der Waals surface area contributed by atoms with Gasteiger partial charge in [-0.15, -0.1) is 0 Å². The molecule has 6 heteroatoms. The largest absolute Gasteiger partial charge is 0.480 e. The molecule has 0 spiro atoms. The highest BCUT2D eigenvalue weighted by Gasteiger charge is 2.48. The molecule has 0 aliphatic heterocycles. The number of allylic oxidation sites excluding steroid dienone is 1. The predicted octanol–water partition coefficient (Wildman–Crippen LogP) is 4.27. The van der Waals surface area contributed by atoms with Crippen LogP contribution in [0.2, 0.25) is 0 Å². The SMILES string of the molecule is COc1ncc(C2=C(C)[C@](C(=O)O)(c3cccc(F)c3C)CC2)cc1F. The van der Waals surface area contributed by atoms with E-state index in [9.17, 15) is 18.7 Å². The maximum atomic E-state index is 14.1. The topological polar surface area (TPSA) is 59.4 Å². The van der Waals surface area contributed by atoms with Gasteiger partial charge < -0.3 is 9.84 Å². The number of carboxylic acids is 1. The summed E-state index contributed by atoms with van der Waals surface area (Å²) in [5.41, 5.74) is 1.21. The maximum Gasteiger partial charge on any atom is 0.318 e. The van der Waals surface area contributed by atoms with Gasteiger partial charge in [0.05, 0.1) is 7.11 Å². The van der Waals surface area contributed by atoms with Crippen LogP contribution in [-0.2, 0) is 10.2 Å². The number of hydrogen-bond acceptors (Lipinski definition) is 3. The van der Waals surface area contributed by atoms with Crippen LogP contribution in [-0.4, -0.2) is 23.2 Å². The monoisotopic (exact) mass is 359 g/mol. The minimum absolute atomic E-state index is 0.115. The molecule has 0 unspecified atom stereocenters. The van der Waals surface area contributed by atoms with Crippen LogP contribution in [0.15, 0.2) is 36.0 Å². The van der Waals surface area contributed by atoms with Crippen molar-refractivity contribution in [2.75, 3.05) is 7.11 Å². The average Bonchev–Trinajstić information content (AvgIpc) is 2.95. The van der Waals surface area contributed by atoms with E-state index in [2.05, 4.69) is 4.98 Å². The van der Waals surface area contributed by atoms with E-state index >= 15 is 0 Å². The van der Waals surface area contributed by atoms with E-state index in [1.165, 1.54) is 31.5 Å². The number of methoxy groups -OCH3 is 1. The molecule has 26 heavy (non-hydrogen) atoms. The van der Waals surface area contributed by atoms with Crippen LogP contribution in [0.25, 0.3) is 5.57 Å². The van der Waals surface area contributed by atoms with Crippen LogP contribution in [0, 0.1) is 18.6 Å². The molecule has 0 fully saturated rings. The lowest BCUT2D eigenvalue weighted by Gasteiger charge is -2.29. The molecule has 0 saturated heterocycles. The van der Waals surface area contributed by atoms with Crippen molar-refractivity contribution in [3.8, 4) is 5.88 Å². The molecule has 1 aliphatic carbocycles. The molecule has 0 radical (unpaired) electrons. The number of hydrogen-bond donors (Lipinski definition) is 1. The second-order valence-electron chi connectivity index (χ2n) is 6.44. The standard InChI is InChI=1S/C20H19F2NO3/c1-11-15(5-4-6-16(11)21)20(19(24)25)8-7-14(12(20)2)13-9-17(22)18(26-3)23-10-13/h4-6,9-10H,7-8H2,1-3H3,(H,24,25)/t20-/m0/s1. The molecule has 0 saturated carbocycles. The number of ether oxygens (including phenoxy) is 1. The van der Waals surface area contributed by atoms with Gasteiger partial charge in [-0.3, -0.25) is 4.79 Å². The summed E-state index contributed by atoms with van der Waals surface area (Å²) in [5, 5.41) is 10.0. The van der Waals surface area contributed by atoms with E-state index in [4.69, 9.17) is 4.74 Å². The Kier molecular flexibility index (Phi) is 4.52. The molecular formula is C20H19F2NO3. The number of aromatic nitrogens is 1. The molecule has 1 aliphatic rings. The van der Waals surface area contributed by atoms with Gasteiger partial charge in [-0.05, 0) is 66.7 Å². The first-order valence-corrected chi connectivity index (χ1v) is 8.22. The van der Waals surface area contributed by atoms with Crippen LogP contribution in [0.1, 0.15) is 36.5 Å². The predicted molar refractivity (Wildman–Crippen MR) is 93.0 cm³/mol. The number of benzene rings is 1. The first kappa shape index (κ1) is 18.0. The first-order valence-electron chi connectivity index (χ1n) is 8.22. The summed E-state index contributed by atoms with van der Waals surface area (Å²) in [6, 6.07) is 5.77. The second kappa shape index (κ2) is 6.52. The van der Waals surface area contributed by atoms with Crippen molar-refractivity contribution in [3.63, 3.8) is 0 Å². The van der Waals surface area contributed by atoms with Crippen LogP contribution >= 0.6 is 0 Å². The Hall–Kier alpha value is -2.76. The number of aliphatic carboxylic acids is 1. The van der Waals surface area contributed by atoms with Crippen molar-refractivity contribution in [1.82, 2.24) is 4.98 Å². The number of rotatable bonds is 4. The fourth-order valence-electron chi connectivity index (χ4n) is 3.84. The molecule has 2 aromatic rings. The highest BCUT2D eigenvalue weighted by Crippen LogP contribution is 2.49. The van der Waals surface area contributed by atoms with E-state index in [1.54, 1.807) is 19.9 Å². The molecule has 3 rings (SSSR count). The van der Waals surface area contributed by atoms with Crippen molar-refractivity contribution in [3.05, 3.63) is 64.4 Å². The highest BCUT2D eigenvalue weighted by molar-refractivity contribution is 5.92. The summed E-state index contributed by atoms with van der Waals surface area (Å²) < 4.78 is 32.9. The molecule has 1 aromatic heterocycles. The Morgan fingerprint density at radius 2 is 2.00 bits per heavy atom. The van der Waals surface area contributed by atoms with Gasteiger partial charge in [-0.2, -0.15) is 0 Å². The molecular weight excluding hydrogens is 340 g/mol. The number of nitrogens with zero attached hydrogens (tertiary/aromatic N) is 1. The van der Waals surface area contributed by atoms with Crippen molar-refractivity contribution in [2.45, 2.75) is 32.1 Å². The zero-order valence-electron chi connectivity index (χ0n) is 14.8. The van der Waals surface area contributed by atoms with Gasteiger partial charge in [0.1, 0.15) is 11.2 Å². The maximum absolute atomic E-state index is 14.1. The van der Waals surface area contributed by atoms with Gasteiger partial charge in [0.15, 0.2) is 5.82 Å². The summed E-state index contributed by atoms with van der Waals surface area (Å²) in [5.74, 6) is -2.21. The lowest BCUT2D eigenvalue weighted by Crippen LogP contribution is -2.35. The van der Waals surface area contributed by atoms with Crippen LogP contribution < -0.4 is 4.74 Å². The van der Waals surface area contributed by atoms with Crippen molar-refractivity contribution in [1.29, 1.82) is 0 Å². The van der Waals surface area contributed by atoms with Gasteiger partial charge in [0.25, 0.3) is 0 Å². The third kappa shape index (κ3) is 2.57. The van der Waals surface area contributed by atoms with Gasteiger partial charge in [-0.1, -0.05) is 12.1 Å². The van der Waals surface area contributed by atoms with E-state index in [0.29, 0.717) is 34.3 Å². The molecule has 136 valence electrons. The van der Waals surface area contributed by atoms with E-state index in [-0.39, 0.29) is 12.3 Å². The number of carboxylic acid groups (broad SMARTS) is 1. The normalized spacial score (nSPS) is 19.7. The van der Waals surface area contributed by atoms with Crippen molar-refractivity contribution in [2.24, 2.45) is 0 Å². The number of carbonyl (C=O) groups is 1. The molecule has 0 bridgehead atoms. The van der Waals surface area contributed by atoms with Crippen LogP contribution in [0.3, 0.4) is 0 Å². The quantitative estimate of drug-likeness (QED) is 0.886. The second-order valence-corrected chi connectivity index (χ2v) is 6.44. The zero-order valence-corrected chi connectivity index (χ0v) is 14.8. The Morgan fingerprint density at radius 3 is 2.62 bits per heavy atom. The third-order valence-electron chi connectivity index (χ3n) is 5.28. The molecule has 0 amide bonds. The highest BCUT2D eigenvalue weighted by atomic mass is 19.1. The minimum atomic E-state index is -1.34. The minimum Gasteiger partial charge on any atom is -0.480 e. The fraction of sp³-hybridized carbons (Fsp3) is 0.300. The smallest absolute Gasteiger partial charge is 0.318 e. The molecule has 1 aromatic carbocycles. The number of pyridine rings is 1. The van der Waals surface area contributed by atoms with Gasteiger partial charge >= 0.3 is 5.97 Å². The fourth-order valence-corrected chi connectivity index (χ4v) is 3.84. The Balaban J connectivity index is 2.19. The zero-order chi connectivity index (χ0) is 19.1. The molecule has 1 atom stereocenters. The van der Waals surface area contributed by atoms with Gasteiger partial charge in [0.2, 0.25) is 5.88 Å². The summed E-state index contributed by atoms with van der Waals surface area (Å²) in [7, 11) is 1.33. The third-order valence-corrected chi connectivity index (χ3v) is 5.28. The lowest BCUT2D eigenvalue weighted by molar-refractivity contribution is -0.142. The Labute approximate surface area is 150 Å². The first-order chi connectivity index (χ1) is 12.3. The molecule has 1 N–H and O–H groups in total. The average molecular weight is 359 g/mol. The summed E-state index contributed by atoms with van der Waals surface area (Å²) >= 11 is 0. The summed E-state index contributed by atoms with van der Waals surface area (Å²) in [4.78, 5) is 16.2. The van der Waals surface area contributed by atoms with Crippen molar-refractivity contribution >= 4 is 11.5 Å². The van der Waals surface area contributed by atoms with Gasteiger partial charge in [0, 0.05) is 6.20 Å². The van der Waals surface area contributed by atoms with Crippen molar-refractivity contribution < 1.29 is 23.4 Å². The summed E-state index contributed by atoms with van der Waals surface area (Å²) in [6.45, 7) is 3.29. The number of halogens is 2. The molecule has 1 heterocycles. The van der Waals surface area contributed by atoms with E-state index < -0.39 is 23.0 Å². The van der Waals surface area contributed by atoms with Crippen LogP contribution in [0.5, 0.6) is 5.88 Å². The lowest BCUT2D eigenvalue weighted by atomic mass is 9.73. The molecule has 4 nitrogen and oxygen atoms in total. The summed E-state index contributed by atoms with van der Waals surface area (Å²) in [6.07, 6.45) is 2.18.